The van der Waals surface area contributed by atoms with Gasteiger partial charge in [0.05, 0.1) is 11.6 Å². The Hall–Kier alpha value is -1.18. The Balaban J connectivity index is 3.03. The van der Waals surface area contributed by atoms with Gasteiger partial charge in [0.2, 0.25) is 0 Å². The molecule has 0 aliphatic heterocycles. The molecule has 3 nitrogen and oxygen atoms in total. The maximum Gasteiger partial charge on any atom is 0.176 e. The Labute approximate surface area is 110 Å². The molecule has 1 unspecified atom stereocenters. The summed E-state index contributed by atoms with van der Waals surface area (Å²) < 4.78 is 11.5. The van der Waals surface area contributed by atoms with Crippen LogP contribution in [0.1, 0.15) is 12.5 Å². The number of halogens is 1. The van der Waals surface area contributed by atoms with E-state index in [1.54, 1.807) is 7.11 Å². The molecule has 0 heterocycles. The third-order valence-corrected chi connectivity index (χ3v) is 2.74. The van der Waals surface area contributed by atoms with E-state index in [0.29, 0.717) is 11.5 Å². The van der Waals surface area contributed by atoms with Gasteiger partial charge in [0, 0.05) is 6.04 Å². The second-order valence-corrected chi connectivity index (χ2v) is 4.64. The molecular weight excluding hydrogens is 282 g/mol. The minimum absolute atomic E-state index is 0.101. The topological polar surface area (TPSA) is 44.5 Å². The van der Waals surface area contributed by atoms with Crippen molar-refractivity contribution in [1.29, 1.82) is 0 Å². The highest BCUT2D eigenvalue weighted by Gasteiger charge is 2.12. The summed E-state index contributed by atoms with van der Waals surface area (Å²) in [5, 5.41) is 0. The van der Waals surface area contributed by atoms with Gasteiger partial charge < -0.3 is 15.2 Å². The van der Waals surface area contributed by atoms with E-state index in [1.165, 1.54) is 0 Å². The monoisotopic (exact) mass is 297 g/mol. The van der Waals surface area contributed by atoms with Gasteiger partial charge in [0.25, 0.3) is 0 Å². The highest BCUT2D eigenvalue weighted by molar-refractivity contribution is 9.10. The molecule has 0 aromatic heterocycles. The van der Waals surface area contributed by atoms with Crippen LogP contribution >= 0.6 is 15.9 Å². The van der Waals surface area contributed by atoms with E-state index in [0.717, 1.165) is 16.5 Å². The molecule has 1 aromatic carbocycles. The van der Waals surface area contributed by atoms with E-state index in [9.17, 15) is 0 Å². The molecule has 0 amide bonds. The molecule has 1 rings (SSSR count). The normalized spacial score (nSPS) is 11.7. The van der Waals surface area contributed by atoms with Gasteiger partial charge in [0.1, 0.15) is 6.61 Å². The fourth-order valence-electron chi connectivity index (χ4n) is 1.52. The molecule has 0 aliphatic carbocycles. The van der Waals surface area contributed by atoms with Crippen molar-refractivity contribution in [3.8, 4) is 23.8 Å². The van der Waals surface area contributed by atoms with Crippen LogP contribution in [-0.2, 0) is 6.42 Å². The molecule has 0 saturated carbocycles. The Morgan fingerprint density at radius 3 is 2.76 bits per heavy atom. The maximum atomic E-state index is 5.77. The van der Waals surface area contributed by atoms with Crippen LogP contribution in [0.3, 0.4) is 0 Å². The number of ether oxygens (including phenoxy) is 2. The second-order valence-electron chi connectivity index (χ2n) is 3.78. The number of rotatable bonds is 5. The zero-order chi connectivity index (χ0) is 12.8. The maximum absolute atomic E-state index is 5.77. The summed E-state index contributed by atoms with van der Waals surface area (Å²) in [4.78, 5) is 0. The molecule has 0 spiro atoms. The van der Waals surface area contributed by atoms with Crippen molar-refractivity contribution in [1.82, 2.24) is 0 Å². The third kappa shape index (κ3) is 3.95. The predicted molar refractivity (Wildman–Crippen MR) is 72.4 cm³/mol. The molecule has 1 aromatic rings. The Morgan fingerprint density at radius 1 is 1.53 bits per heavy atom. The van der Waals surface area contributed by atoms with Crippen molar-refractivity contribution >= 4 is 15.9 Å². The standard InChI is InChI=1S/C13H16BrNO2/c1-4-5-17-13-11(14)7-10(6-9(2)15)8-12(13)16-3/h1,7-9H,5-6,15H2,2-3H3. The van der Waals surface area contributed by atoms with Gasteiger partial charge in [-0.25, -0.2) is 0 Å². The van der Waals surface area contributed by atoms with E-state index in [2.05, 4.69) is 21.9 Å². The first-order valence-corrected chi connectivity index (χ1v) is 6.06. The fraction of sp³-hybridized carbons (Fsp3) is 0.385. The number of nitrogens with two attached hydrogens (primary N) is 1. The second kappa shape index (κ2) is 6.53. The van der Waals surface area contributed by atoms with E-state index >= 15 is 0 Å². The lowest BCUT2D eigenvalue weighted by molar-refractivity contribution is 0.328. The first kappa shape index (κ1) is 13.9. The number of hydrogen-bond acceptors (Lipinski definition) is 3. The zero-order valence-corrected chi connectivity index (χ0v) is 11.6. The number of terminal acetylenes is 1. The molecule has 4 heteroatoms. The number of methoxy groups -OCH3 is 1. The predicted octanol–water partition coefficient (Wildman–Crippen LogP) is 2.36. The average Bonchev–Trinajstić information content (AvgIpc) is 2.26. The molecule has 2 N–H and O–H groups in total. The molecule has 0 fully saturated rings. The molecule has 92 valence electrons. The smallest absolute Gasteiger partial charge is 0.176 e. The van der Waals surface area contributed by atoms with Gasteiger partial charge in [-0.15, -0.1) is 6.42 Å². The first-order chi connectivity index (χ1) is 8.08. The average molecular weight is 298 g/mol. The number of hydrogen-bond donors (Lipinski definition) is 1. The van der Waals surface area contributed by atoms with Gasteiger partial charge >= 0.3 is 0 Å². The van der Waals surface area contributed by atoms with Gasteiger partial charge in [0.15, 0.2) is 11.5 Å². The minimum Gasteiger partial charge on any atom is -0.493 e. The minimum atomic E-state index is 0.101. The SMILES string of the molecule is C#CCOc1c(Br)cc(CC(C)N)cc1OC. The summed E-state index contributed by atoms with van der Waals surface area (Å²) in [6.07, 6.45) is 5.95. The van der Waals surface area contributed by atoms with E-state index in [1.807, 2.05) is 19.1 Å². The lowest BCUT2D eigenvalue weighted by Gasteiger charge is -2.14. The Kier molecular flexibility index (Phi) is 5.33. The van der Waals surface area contributed by atoms with Gasteiger partial charge in [-0.2, -0.15) is 0 Å². The van der Waals surface area contributed by atoms with Crippen molar-refractivity contribution < 1.29 is 9.47 Å². The summed E-state index contributed by atoms with van der Waals surface area (Å²) in [5.41, 5.74) is 6.86. The van der Waals surface area contributed by atoms with Crippen molar-refractivity contribution in [2.45, 2.75) is 19.4 Å². The van der Waals surface area contributed by atoms with Crippen molar-refractivity contribution in [3.05, 3.63) is 22.2 Å². The van der Waals surface area contributed by atoms with E-state index in [-0.39, 0.29) is 12.6 Å². The number of benzene rings is 1. The summed E-state index contributed by atoms with van der Waals surface area (Å²) in [6.45, 7) is 2.17. The molecule has 0 radical (unpaired) electrons. The van der Waals surface area contributed by atoms with E-state index in [4.69, 9.17) is 21.6 Å². The first-order valence-electron chi connectivity index (χ1n) is 5.26. The van der Waals surface area contributed by atoms with Crippen LogP contribution < -0.4 is 15.2 Å². The quantitative estimate of drug-likeness (QED) is 0.849. The van der Waals surface area contributed by atoms with Gasteiger partial charge in [-0.1, -0.05) is 5.92 Å². The lowest BCUT2D eigenvalue weighted by Crippen LogP contribution is -2.17. The largest absolute Gasteiger partial charge is 0.493 e. The van der Waals surface area contributed by atoms with Crippen LogP contribution in [0.25, 0.3) is 0 Å². The van der Waals surface area contributed by atoms with Crippen molar-refractivity contribution in [2.24, 2.45) is 5.73 Å². The van der Waals surface area contributed by atoms with E-state index < -0.39 is 0 Å². The fourth-order valence-corrected chi connectivity index (χ4v) is 2.12. The summed E-state index contributed by atoms with van der Waals surface area (Å²) in [6, 6.07) is 3.99. The van der Waals surface area contributed by atoms with Crippen molar-refractivity contribution in [2.75, 3.05) is 13.7 Å². The zero-order valence-electron chi connectivity index (χ0n) is 10.00. The summed E-state index contributed by atoms with van der Waals surface area (Å²) >= 11 is 3.44. The molecule has 17 heavy (non-hydrogen) atoms. The molecule has 0 bridgehead atoms. The molecular formula is C13H16BrNO2. The van der Waals surface area contributed by atoms with Crippen LogP contribution in [-0.4, -0.2) is 19.8 Å². The van der Waals surface area contributed by atoms with Crippen LogP contribution in [0.4, 0.5) is 0 Å². The third-order valence-electron chi connectivity index (χ3n) is 2.15. The summed E-state index contributed by atoms with van der Waals surface area (Å²) in [7, 11) is 1.60. The highest BCUT2D eigenvalue weighted by atomic mass is 79.9. The lowest BCUT2D eigenvalue weighted by atomic mass is 10.1. The molecule has 0 aliphatic rings. The van der Waals surface area contributed by atoms with Gasteiger partial charge in [-0.05, 0) is 47.0 Å². The van der Waals surface area contributed by atoms with Crippen LogP contribution in [0.2, 0.25) is 0 Å². The Bertz CT molecular complexity index is 424. The van der Waals surface area contributed by atoms with Crippen LogP contribution in [0, 0.1) is 12.3 Å². The van der Waals surface area contributed by atoms with Crippen LogP contribution in [0.15, 0.2) is 16.6 Å². The van der Waals surface area contributed by atoms with Crippen LogP contribution in [0.5, 0.6) is 11.5 Å². The van der Waals surface area contributed by atoms with Crippen molar-refractivity contribution in [3.63, 3.8) is 0 Å². The van der Waals surface area contributed by atoms with Gasteiger partial charge in [-0.3, -0.25) is 0 Å². The Morgan fingerprint density at radius 2 is 2.24 bits per heavy atom. The summed E-state index contributed by atoms with van der Waals surface area (Å²) in [5.74, 6) is 3.70. The molecule has 0 saturated heterocycles. The highest BCUT2D eigenvalue weighted by Crippen LogP contribution is 2.36. The molecule has 1 atom stereocenters.